The first-order valence-electron chi connectivity index (χ1n) is 9.40. The van der Waals surface area contributed by atoms with Crippen molar-refractivity contribution >= 4 is 38.9 Å². The number of anilines is 2. The second-order valence-corrected chi connectivity index (χ2v) is 9.33. The monoisotopic (exact) mass is 446 g/mol. The zero-order valence-electron chi connectivity index (χ0n) is 16.0. The summed E-state index contributed by atoms with van der Waals surface area (Å²) in [7, 11) is -3.84. The van der Waals surface area contributed by atoms with Crippen molar-refractivity contribution in [3.8, 4) is 11.8 Å². The van der Waals surface area contributed by atoms with Crippen LogP contribution in [0, 0.1) is 11.3 Å². The summed E-state index contributed by atoms with van der Waals surface area (Å²) >= 11 is 6.26. The van der Waals surface area contributed by atoms with E-state index >= 15 is 0 Å². The zero-order chi connectivity index (χ0) is 21.3. The van der Waals surface area contributed by atoms with Gasteiger partial charge < -0.3 is 15.0 Å². The number of carbonyl (C=O) groups is 1. The van der Waals surface area contributed by atoms with Crippen molar-refractivity contribution in [3.05, 3.63) is 47.0 Å². The van der Waals surface area contributed by atoms with E-state index in [0.29, 0.717) is 43.9 Å². The fourth-order valence-corrected chi connectivity index (χ4v) is 5.54. The molecule has 2 heterocycles. The third kappa shape index (κ3) is 3.94. The fraction of sp³-hybridized carbons (Fsp3) is 0.300. The van der Waals surface area contributed by atoms with E-state index in [0.717, 1.165) is 5.69 Å². The molecule has 1 N–H and O–H groups in total. The normalized spacial score (nSPS) is 17.3. The van der Waals surface area contributed by atoms with Crippen LogP contribution in [0.15, 0.2) is 41.3 Å². The lowest BCUT2D eigenvalue weighted by molar-refractivity contribution is -0.118. The zero-order valence-corrected chi connectivity index (χ0v) is 17.5. The molecule has 8 nitrogen and oxygen atoms in total. The van der Waals surface area contributed by atoms with Gasteiger partial charge in [0.1, 0.15) is 10.6 Å². The van der Waals surface area contributed by atoms with Crippen molar-refractivity contribution in [2.75, 3.05) is 43.0 Å². The Kier molecular flexibility index (Phi) is 5.56. The van der Waals surface area contributed by atoms with Gasteiger partial charge >= 0.3 is 0 Å². The Morgan fingerprint density at radius 3 is 2.60 bits per heavy atom. The van der Waals surface area contributed by atoms with Crippen LogP contribution in [0.4, 0.5) is 11.4 Å². The molecule has 0 aromatic heterocycles. The summed E-state index contributed by atoms with van der Waals surface area (Å²) in [6, 6.07) is 12.1. The van der Waals surface area contributed by atoms with Crippen molar-refractivity contribution in [3.63, 3.8) is 0 Å². The predicted octanol–water partition coefficient (Wildman–Crippen LogP) is 2.44. The number of carbonyl (C=O) groups excluding carboxylic acids is 1. The molecule has 2 aromatic carbocycles. The van der Waals surface area contributed by atoms with Crippen LogP contribution in [0.25, 0.3) is 0 Å². The van der Waals surface area contributed by atoms with Gasteiger partial charge in [-0.1, -0.05) is 11.6 Å². The van der Waals surface area contributed by atoms with E-state index in [9.17, 15) is 13.2 Å². The number of amides is 1. The van der Waals surface area contributed by atoms with Gasteiger partial charge in [0.25, 0.3) is 5.91 Å². The van der Waals surface area contributed by atoms with Crippen LogP contribution in [0.2, 0.25) is 5.02 Å². The SMILES string of the molecule is N#Cc1ccc(N2CCCN(S(=O)(=O)c3cc4c(cc3Cl)NC(=O)CO4)CC2)cc1. The third-order valence-corrected chi connectivity index (χ3v) is 7.46. The predicted molar refractivity (Wildman–Crippen MR) is 112 cm³/mol. The number of hydrogen-bond donors (Lipinski definition) is 1. The van der Waals surface area contributed by atoms with Crippen LogP contribution in [0.1, 0.15) is 12.0 Å². The summed E-state index contributed by atoms with van der Waals surface area (Å²) in [5.74, 6) is -0.0313. The molecule has 1 amide bonds. The van der Waals surface area contributed by atoms with Gasteiger partial charge in [-0.05, 0) is 36.8 Å². The molecule has 1 saturated heterocycles. The maximum atomic E-state index is 13.3. The van der Waals surface area contributed by atoms with Crippen molar-refractivity contribution < 1.29 is 17.9 Å². The number of nitriles is 1. The van der Waals surface area contributed by atoms with E-state index in [-0.39, 0.29) is 28.2 Å². The standard InChI is InChI=1S/C20H19ClN4O4S/c21-16-10-17-18(29-13-20(26)23-17)11-19(16)30(27,28)25-7-1-6-24(8-9-25)15-4-2-14(12-22)3-5-15/h2-5,10-11H,1,6-9,13H2,(H,23,26). The number of benzene rings is 2. The number of hydrogen-bond acceptors (Lipinski definition) is 6. The molecule has 0 radical (unpaired) electrons. The molecule has 30 heavy (non-hydrogen) atoms. The van der Waals surface area contributed by atoms with Crippen LogP contribution in [0.5, 0.6) is 5.75 Å². The Labute approximate surface area is 179 Å². The minimum absolute atomic E-state index is 0.0349. The lowest BCUT2D eigenvalue weighted by atomic mass is 10.2. The smallest absolute Gasteiger partial charge is 0.262 e. The molecule has 0 saturated carbocycles. The molecule has 0 atom stereocenters. The highest BCUT2D eigenvalue weighted by atomic mass is 35.5. The van der Waals surface area contributed by atoms with Crippen molar-refractivity contribution in [2.24, 2.45) is 0 Å². The van der Waals surface area contributed by atoms with Gasteiger partial charge in [-0.3, -0.25) is 4.79 Å². The second kappa shape index (κ2) is 8.14. The number of fused-ring (bicyclic) bond motifs is 1. The lowest BCUT2D eigenvalue weighted by Gasteiger charge is -2.24. The van der Waals surface area contributed by atoms with Crippen LogP contribution in [0.3, 0.4) is 0 Å². The van der Waals surface area contributed by atoms with E-state index in [1.165, 1.54) is 16.4 Å². The Morgan fingerprint density at radius 1 is 1.10 bits per heavy atom. The average Bonchev–Trinajstić information content (AvgIpc) is 3.00. The fourth-order valence-electron chi connectivity index (χ4n) is 3.56. The minimum atomic E-state index is -3.84. The Hall–Kier alpha value is -2.80. The number of ether oxygens (including phenoxy) is 1. The van der Waals surface area contributed by atoms with E-state index < -0.39 is 10.0 Å². The first-order chi connectivity index (χ1) is 14.4. The first-order valence-corrected chi connectivity index (χ1v) is 11.2. The molecule has 4 rings (SSSR count). The van der Waals surface area contributed by atoms with Gasteiger partial charge in [0, 0.05) is 37.9 Å². The Morgan fingerprint density at radius 2 is 1.87 bits per heavy atom. The highest BCUT2D eigenvalue weighted by Crippen LogP contribution is 2.37. The van der Waals surface area contributed by atoms with Gasteiger partial charge in [-0.25, -0.2) is 8.42 Å². The van der Waals surface area contributed by atoms with E-state index in [4.69, 9.17) is 21.6 Å². The van der Waals surface area contributed by atoms with Gasteiger partial charge in [0.15, 0.2) is 6.61 Å². The molecular weight excluding hydrogens is 428 g/mol. The van der Waals surface area contributed by atoms with E-state index in [2.05, 4.69) is 16.3 Å². The number of nitrogens with one attached hydrogen (secondary N) is 1. The highest BCUT2D eigenvalue weighted by Gasteiger charge is 2.31. The summed E-state index contributed by atoms with van der Waals surface area (Å²) in [5.41, 5.74) is 1.89. The second-order valence-electron chi connectivity index (χ2n) is 7.02. The van der Waals surface area contributed by atoms with Gasteiger partial charge in [-0.2, -0.15) is 9.57 Å². The summed E-state index contributed by atoms with van der Waals surface area (Å²) in [4.78, 5) is 13.5. The number of sulfonamides is 1. The lowest BCUT2D eigenvalue weighted by Crippen LogP contribution is -2.35. The summed E-state index contributed by atoms with van der Waals surface area (Å²) in [6.45, 7) is 1.70. The maximum absolute atomic E-state index is 13.3. The van der Waals surface area contributed by atoms with Crippen LogP contribution in [-0.2, 0) is 14.8 Å². The molecule has 0 bridgehead atoms. The van der Waals surface area contributed by atoms with Gasteiger partial charge in [-0.15, -0.1) is 0 Å². The van der Waals surface area contributed by atoms with E-state index in [1.54, 1.807) is 12.1 Å². The van der Waals surface area contributed by atoms with Crippen LogP contribution < -0.4 is 15.0 Å². The van der Waals surface area contributed by atoms with Crippen molar-refractivity contribution in [1.29, 1.82) is 5.26 Å². The van der Waals surface area contributed by atoms with Gasteiger partial charge in [0.2, 0.25) is 10.0 Å². The molecule has 0 aliphatic carbocycles. The van der Waals surface area contributed by atoms with Crippen molar-refractivity contribution in [1.82, 2.24) is 4.31 Å². The topological polar surface area (TPSA) is 103 Å². The van der Waals surface area contributed by atoms with Crippen molar-refractivity contribution in [2.45, 2.75) is 11.3 Å². The van der Waals surface area contributed by atoms with Crippen LogP contribution in [-0.4, -0.2) is 51.4 Å². The Bertz CT molecular complexity index is 1130. The Balaban J connectivity index is 1.55. The van der Waals surface area contributed by atoms with Gasteiger partial charge in [0.05, 0.1) is 22.3 Å². The molecule has 156 valence electrons. The highest BCUT2D eigenvalue weighted by molar-refractivity contribution is 7.89. The molecule has 2 aromatic rings. The third-order valence-electron chi connectivity index (χ3n) is 5.10. The minimum Gasteiger partial charge on any atom is -0.482 e. The molecule has 10 heteroatoms. The molecule has 2 aliphatic heterocycles. The first kappa shape index (κ1) is 20.5. The summed E-state index contributed by atoms with van der Waals surface area (Å²) in [5, 5.41) is 11.6. The molecule has 0 spiro atoms. The molecule has 2 aliphatic rings. The summed E-state index contributed by atoms with van der Waals surface area (Å²) < 4.78 is 33.3. The summed E-state index contributed by atoms with van der Waals surface area (Å²) in [6.07, 6.45) is 0.647. The number of rotatable bonds is 3. The maximum Gasteiger partial charge on any atom is 0.262 e. The molecule has 0 unspecified atom stereocenters. The quantitative estimate of drug-likeness (QED) is 0.776. The molecule has 1 fully saturated rings. The number of halogens is 1. The van der Waals surface area contributed by atoms with E-state index in [1.807, 2.05) is 12.1 Å². The largest absolute Gasteiger partial charge is 0.482 e. The molecular formula is C20H19ClN4O4S. The number of nitrogens with zero attached hydrogens (tertiary/aromatic N) is 3. The van der Waals surface area contributed by atoms with Crippen LogP contribution >= 0.6 is 11.6 Å². The average molecular weight is 447 g/mol.